The Morgan fingerprint density at radius 1 is 1.17 bits per heavy atom. The van der Waals surface area contributed by atoms with Crippen molar-refractivity contribution in [3.05, 3.63) is 29.8 Å². The summed E-state index contributed by atoms with van der Waals surface area (Å²) >= 11 is 0. The van der Waals surface area contributed by atoms with Crippen LogP contribution in [0.5, 0.6) is 0 Å². The Hall–Kier alpha value is -2.46. The highest BCUT2D eigenvalue weighted by Crippen LogP contribution is 2.23. The Kier molecular flexibility index (Phi) is 6.69. The van der Waals surface area contributed by atoms with Crippen molar-refractivity contribution in [2.24, 2.45) is 0 Å². The van der Waals surface area contributed by atoms with Gasteiger partial charge < -0.3 is 10.1 Å². The van der Waals surface area contributed by atoms with Gasteiger partial charge in [-0.25, -0.2) is 13.2 Å². The van der Waals surface area contributed by atoms with Gasteiger partial charge in [-0.1, -0.05) is 32.9 Å². The van der Waals surface area contributed by atoms with Crippen LogP contribution in [0.15, 0.2) is 29.2 Å². The molecule has 29 heavy (non-hydrogen) atoms. The van der Waals surface area contributed by atoms with Crippen LogP contribution >= 0.6 is 0 Å². The van der Waals surface area contributed by atoms with Crippen LogP contribution in [0, 0.1) is 0 Å². The van der Waals surface area contributed by atoms with Crippen LogP contribution in [0.4, 0.5) is 4.79 Å². The number of nitrogens with zero attached hydrogens (tertiary/aromatic N) is 1. The first-order chi connectivity index (χ1) is 13.3. The minimum absolute atomic E-state index is 0.0167. The molecular weight excluding hydrogens is 398 g/mol. The van der Waals surface area contributed by atoms with Gasteiger partial charge in [0.05, 0.1) is 4.90 Å². The maximum absolute atomic E-state index is 12.5. The highest BCUT2D eigenvalue weighted by atomic mass is 32.2. The fourth-order valence-corrected chi connectivity index (χ4v) is 3.90. The average molecular weight is 426 g/mol. The lowest BCUT2D eigenvalue weighted by Crippen LogP contribution is -2.45. The van der Waals surface area contributed by atoms with E-state index in [2.05, 4.69) is 10.0 Å². The zero-order valence-electron chi connectivity index (χ0n) is 17.2. The predicted octanol–water partition coefficient (Wildman–Crippen LogP) is 1.13. The second-order valence-corrected chi connectivity index (χ2v) is 9.63. The van der Waals surface area contributed by atoms with E-state index in [1.165, 1.54) is 26.0 Å². The van der Waals surface area contributed by atoms with E-state index in [1.54, 1.807) is 12.1 Å². The molecule has 160 valence electrons. The molecule has 1 aromatic rings. The molecule has 2 rings (SSSR count). The average Bonchev–Trinajstić information content (AvgIpc) is 3.05. The monoisotopic (exact) mass is 425 g/mol. The van der Waals surface area contributed by atoms with Crippen LogP contribution in [-0.4, -0.2) is 56.5 Å². The number of imide groups is 1. The van der Waals surface area contributed by atoms with E-state index in [0.29, 0.717) is 6.54 Å². The van der Waals surface area contributed by atoms with E-state index in [-0.39, 0.29) is 16.9 Å². The first-order valence-corrected chi connectivity index (χ1v) is 10.7. The van der Waals surface area contributed by atoms with Crippen LogP contribution in [0.25, 0.3) is 0 Å². The van der Waals surface area contributed by atoms with Gasteiger partial charge >= 0.3 is 12.0 Å². The first-order valence-electron chi connectivity index (χ1n) is 9.25. The van der Waals surface area contributed by atoms with Crippen LogP contribution < -0.4 is 10.0 Å². The molecule has 0 bridgehead atoms. The van der Waals surface area contributed by atoms with Gasteiger partial charge in [0.1, 0.15) is 6.04 Å². The minimum atomic E-state index is -3.96. The molecule has 0 aliphatic carbocycles. The third-order valence-corrected chi connectivity index (χ3v) is 6.04. The van der Waals surface area contributed by atoms with Crippen molar-refractivity contribution in [3.63, 3.8) is 0 Å². The maximum Gasteiger partial charge on any atom is 0.324 e. The molecular formula is C19H27N3O6S. The Labute approximate surface area is 170 Å². The normalized spacial score (nSPS) is 16.9. The third-order valence-electron chi connectivity index (χ3n) is 4.48. The predicted molar refractivity (Wildman–Crippen MR) is 106 cm³/mol. The summed E-state index contributed by atoms with van der Waals surface area (Å²) in [5.74, 6) is -1.58. The van der Waals surface area contributed by atoms with Crippen molar-refractivity contribution >= 4 is 27.9 Å². The third kappa shape index (κ3) is 5.54. The molecule has 2 atom stereocenters. The van der Waals surface area contributed by atoms with Crippen molar-refractivity contribution in [1.29, 1.82) is 0 Å². The lowest BCUT2D eigenvalue weighted by molar-refractivity contribution is -0.158. The lowest BCUT2D eigenvalue weighted by Gasteiger charge is -2.21. The molecule has 1 aliphatic heterocycles. The zero-order chi connectivity index (χ0) is 22.0. The summed E-state index contributed by atoms with van der Waals surface area (Å²) < 4.78 is 32.4. The van der Waals surface area contributed by atoms with Crippen molar-refractivity contribution < 1.29 is 27.5 Å². The van der Waals surface area contributed by atoms with Crippen LogP contribution in [0.2, 0.25) is 0 Å². The zero-order valence-corrected chi connectivity index (χ0v) is 18.0. The molecule has 2 N–H and O–H groups in total. The van der Waals surface area contributed by atoms with Gasteiger partial charge in [0.25, 0.3) is 5.91 Å². The van der Waals surface area contributed by atoms with Gasteiger partial charge in [-0.3, -0.25) is 14.5 Å². The first kappa shape index (κ1) is 22.8. The van der Waals surface area contributed by atoms with Crippen LogP contribution in [-0.2, 0) is 29.8 Å². The Balaban J connectivity index is 2.00. The maximum atomic E-state index is 12.5. The molecule has 3 amide bonds. The Morgan fingerprint density at radius 2 is 1.76 bits per heavy atom. The van der Waals surface area contributed by atoms with Gasteiger partial charge in [-0.2, -0.15) is 4.72 Å². The summed E-state index contributed by atoms with van der Waals surface area (Å²) in [6.07, 6.45) is -1.22. The standard InChI is InChI=1S/C19H27N3O6S/c1-12(17(24)28-13(2)16(23)22-11-10-20-18(22)25)21-29(26,27)15-8-6-14(7-9-15)19(3,4)5/h6-9,12-13,21H,10-11H2,1-5H3,(H,20,25)/t12-,13-/m0/s1. The van der Waals surface area contributed by atoms with E-state index in [4.69, 9.17) is 4.74 Å². The van der Waals surface area contributed by atoms with E-state index in [0.717, 1.165) is 10.5 Å². The molecule has 1 aliphatic rings. The number of benzene rings is 1. The van der Waals surface area contributed by atoms with Gasteiger partial charge in [0.15, 0.2) is 6.10 Å². The summed E-state index contributed by atoms with van der Waals surface area (Å²) in [6.45, 7) is 9.21. The molecule has 1 aromatic carbocycles. The number of carbonyl (C=O) groups excluding carboxylic acids is 3. The number of hydrogen-bond donors (Lipinski definition) is 2. The molecule has 0 radical (unpaired) electrons. The van der Waals surface area contributed by atoms with Crippen LogP contribution in [0.3, 0.4) is 0 Å². The molecule has 0 saturated carbocycles. The number of urea groups is 1. The van der Waals surface area contributed by atoms with Gasteiger partial charge in [0.2, 0.25) is 10.0 Å². The number of carbonyl (C=O) groups is 3. The van der Waals surface area contributed by atoms with Crippen molar-refractivity contribution in [2.45, 2.75) is 57.1 Å². The second-order valence-electron chi connectivity index (χ2n) is 7.92. The molecule has 0 spiro atoms. The van der Waals surface area contributed by atoms with Gasteiger partial charge in [-0.05, 0) is 37.0 Å². The lowest BCUT2D eigenvalue weighted by atomic mass is 9.87. The summed E-state index contributed by atoms with van der Waals surface area (Å²) in [4.78, 5) is 36.9. The second kappa shape index (κ2) is 8.50. The fraction of sp³-hybridized carbons (Fsp3) is 0.526. The Bertz CT molecular complexity index is 890. The number of nitrogens with one attached hydrogen (secondary N) is 2. The fourth-order valence-electron chi connectivity index (χ4n) is 2.71. The summed E-state index contributed by atoms with van der Waals surface area (Å²) in [5.41, 5.74) is 0.851. The smallest absolute Gasteiger partial charge is 0.324 e. The van der Waals surface area contributed by atoms with Gasteiger partial charge in [-0.15, -0.1) is 0 Å². The van der Waals surface area contributed by atoms with Crippen molar-refractivity contribution in [2.75, 3.05) is 13.1 Å². The SMILES string of the molecule is C[C@H](NS(=O)(=O)c1ccc(C(C)(C)C)cc1)C(=O)O[C@@H](C)C(=O)N1CCNC1=O. The quantitative estimate of drug-likeness (QED) is 0.659. The summed E-state index contributed by atoms with van der Waals surface area (Å²) in [5, 5.41) is 2.48. The highest BCUT2D eigenvalue weighted by Gasteiger charge is 2.33. The van der Waals surface area contributed by atoms with Crippen molar-refractivity contribution in [1.82, 2.24) is 14.9 Å². The number of esters is 1. The molecule has 0 unspecified atom stereocenters. The topological polar surface area (TPSA) is 122 Å². The summed E-state index contributed by atoms with van der Waals surface area (Å²) in [6, 6.07) is 4.62. The van der Waals surface area contributed by atoms with Crippen LogP contribution in [0.1, 0.15) is 40.2 Å². The highest BCUT2D eigenvalue weighted by molar-refractivity contribution is 7.89. The van der Waals surface area contributed by atoms with Gasteiger partial charge in [0, 0.05) is 13.1 Å². The Morgan fingerprint density at radius 3 is 2.24 bits per heavy atom. The van der Waals surface area contributed by atoms with E-state index in [9.17, 15) is 22.8 Å². The van der Waals surface area contributed by atoms with E-state index >= 15 is 0 Å². The van der Waals surface area contributed by atoms with Crippen molar-refractivity contribution in [3.8, 4) is 0 Å². The molecule has 1 heterocycles. The minimum Gasteiger partial charge on any atom is -0.451 e. The molecule has 1 saturated heterocycles. The number of rotatable bonds is 6. The molecule has 10 heteroatoms. The van der Waals surface area contributed by atoms with E-state index < -0.39 is 40.1 Å². The molecule has 9 nitrogen and oxygen atoms in total. The van der Waals surface area contributed by atoms with E-state index in [1.807, 2.05) is 20.8 Å². The summed E-state index contributed by atoms with van der Waals surface area (Å²) in [7, 11) is -3.96. The number of hydrogen-bond acceptors (Lipinski definition) is 6. The largest absolute Gasteiger partial charge is 0.451 e. The molecule has 0 aromatic heterocycles. The number of ether oxygens (including phenoxy) is 1. The molecule has 1 fully saturated rings. The number of amides is 3. The number of sulfonamides is 1.